The first-order valence-corrected chi connectivity index (χ1v) is 7.53. The maximum absolute atomic E-state index is 5.65. The second-order valence-corrected chi connectivity index (χ2v) is 5.95. The summed E-state index contributed by atoms with van der Waals surface area (Å²) in [5.41, 5.74) is 1.26. The van der Waals surface area contributed by atoms with Gasteiger partial charge in [-0.3, -0.25) is 4.90 Å². The van der Waals surface area contributed by atoms with E-state index in [1.165, 1.54) is 12.0 Å². The molecule has 20 heavy (non-hydrogen) atoms. The van der Waals surface area contributed by atoms with Crippen LogP contribution in [0.4, 0.5) is 0 Å². The van der Waals surface area contributed by atoms with Gasteiger partial charge >= 0.3 is 0 Å². The van der Waals surface area contributed by atoms with Crippen molar-refractivity contribution in [3.63, 3.8) is 0 Å². The molecule has 1 unspecified atom stereocenters. The average molecular weight is 364 g/mol. The van der Waals surface area contributed by atoms with Gasteiger partial charge in [0.25, 0.3) is 0 Å². The molecule has 112 valence electrons. The SMILES string of the molecule is CNC1CCN(Cc2cc3c(cc2Br)OCCO3)C1.Cl. The van der Waals surface area contributed by atoms with Gasteiger partial charge in [-0.2, -0.15) is 0 Å². The lowest BCUT2D eigenvalue weighted by Gasteiger charge is -2.22. The first-order valence-electron chi connectivity index (χ1n) is 6.74. The number of hydrogen-bond acceptors (Lipinski definition) is 4. The van der Waals surface area contributed by atoms with Gasteiger partial charge in [0.1, 0.15) is 13.2 Å². The van der Waals surface area contributed by atoms with Crippen molar-refractivity contribution in [1.82, 2.24) is 10.2 Å². The molecule has 0 amide bonds. The Morgan fingerprint density at radius 3 is 2.65 bits per heavy atom. The zero-order valence-corrected chi connectivity index (χ0v) is 13.9. The van der Waals surface area contributed by atoms with Crippen LogP contribution in [0.15, 0.2) is 16.6 Å². The van der Waals surface area contributed by atoms with Crippen LogP contribution in [0.25, 0.3) is 0 Å². The largest absolute Gasteiger partial charge is 0.486 e. The van der Waals surface area contributed by atoms with E-state index in [2.05, 4.69) is 32.2 Å². The zero-order chi connectivity index (χ0) is 13.2. The molecular formula is C14H20BrClN2O2. The average Bonchev–Trinajstić information content (AvgIpc) is 2.87. The Morgan fingerprint density at radius 1 is 1.30 bits per heavy atom. The van der Waals surface area contributed by atoms with Gasteiger partial charge in [0.2, 0.25) is 0 Å². The number of likely N-dealkylation sites (N-methyl/N-ethyl adjacent to an activating group) is 1. The number of ether oxygens (including phenoxy) is 2. The molecular weight excluding hydrogens is 344 g/mol. The van der Waals surface area contributed by atoms with Gasteiger partial charge in [0, 0.05) is 30.1 Å². The smallest absolute Gasteiger partial charge is 0.162 e. The maximum atomic E-state index is 5.65. The summed E-state index contributed by atoms with van der Waals surface area (Å²) in [6.07, 6.45) is 1.22. The topological polar surface area (TPSA) is 33.7 Å². The highest BCUT2D eigenvalue weighted by Crippen LogP contribution is 2.36. The molecule has 1 atom stereocenters. The van der Waals surface area contributed by atoms with E-state index in [4.69, 9.17) is 9.47 Å². The molecule has 6 heteroatoms. The van der Waals surface area contributed by atoms with Gasteiger partial charge in [0.15, 0.2) is 11.5 Å². The molecule has 2 heterocycles. The van der Waals surface area contributed by atoms with Crippen molar-refractivity contribution in [2.24, 2.45) is 0 Å². The second kappa shape index (κ2) is 6.98. The van der Waals surface area contributed by atoms with E-state index in [0.717, 1.165) is 35.6 Å². The Kier molecular flexibility index (Phi) is 5.55. The van der Waals surface area contributed by atoms with Gasteiger partial charge < -0.3 is 14.8 Å². The lowest BCUT2D eigenvalue weighted by molar-refractivity contribution is 0.171. The number of nitrogens with one attached hydrogen (secondary N) is 1. The van der Waals surface area contributed by atoms with Gasteiger partial charge in [-0.1, -0.05) is 15.9 Å². The monoisotopic (exact) mass is 362 g/mol. The Balaban J connectivity index is 0.00000147. The van der Waals surface area contributed by atoms with E-state index in [1.807, 2.05) is 13.1 Å². The van der Waals surface area contributed by atoms with Crippen LogP contribution in [0.1, 0.15) is 12.0 Å². The molecule has 3 rings (SSSR count). The van der Waals surface area contributed by atoms with Gasteiger partial charge in [-0.25, -0.2) is 0 Å². The lowest BCUT2D eigenvalue weighted by Crippen LogP contribution is -2.29. The maximum Gasteiger partial charge on any atom is 0.162 e. The summed E-state index contributed by atoms with van der Waals surface area (Å²) in [5, 5.41) is 3.35. The lowest BCUT2D eigenvalue weighted by atomic mass is 10.2. The van der Waals surface area contributed by atoms with Crippen molar-refractivity contribution in [1.29, 1.82) is 0 Å². The van der Waals surface area contributed by atoms with Crippen LogP contribution >= 0.6 is 28.3 Å². The molecule has 1 saturated heterocycles. The quantitative estimate of drug-likeness (QED) is 0.894. The van der Waals surface area contributed by atoms with Crippen molar-refractivity contribution < 1.29 is 9.47 Å². The van der Waals surface area contributed by atoms with Crippen LogP contribution in [0.3, 0.4) is 0 Å². The van der Waals surface area contributed by atoms with Crippen molar-refractivity contribution in [3.05, 3.63) is 22.2 Å². The predicted octanol–water partition coefficient (Wildman–Crippen LogP) is 2.44. The zero-order valence-electron chi connectivity index (χ0n) is 11.5. The molecule has 1 N–H and O–H groups in total. The molecule has 0 radical (unpaired) electrons. The Hall–Kier alpha value is -0.490. The Morgan fingerprint density at radius 2 is 2.00 bits per heavy atom. The number of hydrogen-bond donors (Lipinski definition) is 1. The van der Waals surface area contributed by atoms with Crippen molar-refractivity contribution in [3.8, 4) is 11.5 Å². The number of fused-ring (bicyclic) bond motifs is 1. The minimum atomic E-state index is 0. The number of nitrogens with zero attached hydrogens (tertiary/aromatic N) is 1. The first kappa shape index (κ1) is 15.9. The first-order chi connectivity index (χ1) is 9.26. The third kappa shape index (κ3) is 3.39. The van der Waals surface area contributed by atoms with Crippen LogP contribution < -0.4 is 14.8 Å². The minimum Gasteiger partial charge on any atom is -0.486 e. The summed E-state index contributed by atoms with van der Waals surface area (Å²) >= 11 is 3.64. The van der Waals surface area contributed by atoms with Crippen LogP contribution in [0, 0.1) is 0 Å². The highest BCUT2D eigenvalue weighted by atomic mass is 79.9. The predicted molar refractivity (Wildman–Crippen MR) is 85.1 cm³/mol. The molecule has 4 nitrogen and oxygen atoms in total. The van der Waals surface area contributed by atoms with Crippen LogP contribution in [0.2, 0.25) is 0 Å². The van der Waals surface area contributed by atoms with Crippen LogP contribution in [0.5, 0.6) is 11.5 Å². The number of halogens is 2. The Labute approximate surface area is 134 Å². The number of benzene rings is 1. The molecule has 1 aromatic carbocycles. The summed E-state index contributed by atoms with van der Waals surface area (Å²) < 4.78 is 12.3. The molecule has 2 aliphatic heterocycles. The summed E-state index contributed by atoms with van der Waals surface area (Å²) in [5.74, 6) is 1.71. The fourth-order valence-corrected chi connectivity index (χ4v) is 3.13. The van der Waals surface area contributed by atoms with Crippen LogP contribution in [-0.4, -0.2) is 44.3 Å². The van der Waals surface area contributed by atoms with Gasteiger partial charge in [-0.15, -0.1) is 12.4 Å². The summed E-state index contributed by atoms with van der Waals surface area (Å²) in [4.78, 5) is 2.47. The minimum absolute atomic E-state index is 0. The number of likely N-dealkylation sites (tertiary alicyclic amines) is 1. The summed E-state index contributed by atoms with van der Waals surface area (Å²) in [6, 6.07) is 4.75. The fraction of sp³-hybridized carbons (Fsp3) is 0.571. The molecule has 1 aromatic rings. The standard InChI is InChI=1S/C14H19BrN2O2.ClH/c1-16-11-2-3-17(9-11)8-10-6-13-14(7-12(10)15)19-5-4-18-13;/h6-7,11,16H,2-5,8-9H2,1H3;1H. The third-order valence-corrected chi connectivity index (χ3v) is 4.52. The second-order valence-electron chi connectivity index (χ2n) is 5.10. The molecule has 2 aliphatic rings. The third-order valence-electron chi connectivity index (χ3n) is 3.79. The van der Waals surface area contributed by atoms with Gasteiger partial charge in [-0.05, 0) is 31.2 Å². The molecule has 0 bridgehead atoms. The van der Waals surface area contributed by atoms with E-state index < -0.39 is 0 Å². The normalized spacial score (nSPS) is 21.6. The Bertz CT molecular complexity index is 473. The van der Waals surface area contributed by atoms with Gasteiger partial charge in [0.05, 0.1) is 0 Å². The molecule has 0 saturated carbocycles. The van der Waals surface area contributed by atoms with E-state index in [1.54, 1.807) is 0 Å². The van der Waals surface area contributed by atoms with E-state index in [0.29, 0.717) is 19.3 Å². The summed E-state index contributed by atoms with van der Waals surface area (Å²) in [6.45, 7) is 4.48. The highest BCUT2D eigenvalue weighted by molar-refractivity contribution is 9.10. The highest BCUT2D eigenvalue weighted by Gasteiger charge is 2.22. The van der Waals surface area contributed by atoms with Crippen molar-refractivity contribution in [2.75, 3.05) is 33.4 Å². The molecule has 0 aliphatic carbocycles. The van der Waals surface area contributed by atoms with Crippen LogP contribution in [-0.2, 0) is 6.54 Å². The van der Waals surface area contributed by atoms with Crippen molar-refractivity contribution in [2.45, 2.75) is 19.0 Å². The molecule has 0 aromatic heterocycles. The van der Waals surface area contributed by atoms with E-state index in [-0.39, 0.29) is 12.4 Å². The van der Waals surface area contributed by atoms with Crippen molar-refractivity contribution >= 4 is 28.3 Å². The number of rotatable bonds is 3. The fourth-order valence-electron chi connectivity index (χ4n) is 2.68. The van der Waals surface area contributed by atoms with E-state index in [9.17, 15) is 0 Å². The van der Waals surface area contributed by atoms with E-state index >= 15 is 0 Å². The molecule has 0 spiro atoms. The summed E-state index contributed by atoms with van der Waals surface area (Å²) in [7, 11) is 2.04. The molecule has 1 fully saturated rings.